The van der Waals surface area contributed by atoms with Gasteiger partial charge in [0.05, 0.1) is 0 Å². The van der Waals surface area contributed by atoms with Crippen molar-refractivity contribution in [3.05, 3.63) is 76.8 Å². The maximum Gasteiger partial charge on any atom is 0.266 e. The molecule has 4 nitrogen and oxygen atoms in total. The van der Waals surface area contributed by atoms with Crippen molar-refractivity contribution in [3.63, 3.8) is 0 Å². The van der Waals surface area contributed by atoms with E-state index in [2.05, 4.69) is 11.9 Å². The van der Waals surface area contributed by atoms with Gasteiger partial charge in [-0.05, 0) is 48.4 Å². The lowest BCUT2D eigenvalue weighted by Gasteiger charge is -2.08. The van der Waals surface area contributed by atoms with E-state index in [0.29, 0.717) is 28.6 Å². The van der Waals surface area contributed by atoms with E-state index in [0.717, 1.165) is 5.56 Å². The SMILES string of the molecule is C=CCOc1cccc(/C=C(/C#N)C(=O)Nc2cc(Cl)ccc2C)c1. The van der Waals surface area contributed by atoms with Gasteiger partial charge in [0.15, 0.2) is 0 Å². The first-order chi connectivity index (χ1) is 12.0. The van der Waals surface area contributed by atoms with Crippen LogP contribution in [0.2, 0.25) is 5.02 Å². The first-order valence-electron chi connectivity index (χ1n) is 7.56. The van der Waals surface area contributed by atoms with Crippen LogP contribution in [0.5, 0.6) is 5.75 Å². The molecule has 0 spiro atoms. The summed E-state index contributed by atoms with van der Waals surface area (Å²) in [5, 5.41) is 12.5. The van der Waals surface area contributed by atoms with Gasteiger partial charge in [-0.2, -0.15) is 5.26 Å². The number of hydrogen-bond donors (Lipinski definition) is 1. The Hall–Kier alpha value is -3.03. The quantitative estimate of drug-likeness (QED) is 0.463. The maximum atomic E-state index is 12.4. The average Bonchev–Trinajstić information content (AvgIpc) is 2.61. The summed E-state index contributed by atoms with van der Waals surface area (Å²) in [5.74, 6) is 0.141. The zero-order chi connectivity index (χ0) is 18.2. The number of rotatable bonds is 6. The summed E-state index contributed by atoms with van der Waals surface area (Å²) in [4.78, 5) is 12.4. The molecule has 2 aromatic carbocycles. The molecule has 0 aliphatic carbocycles. The lowest BCUT2D eigenvalue weighted by molar-refractivity contribution is -0.112. The minimum atomic E-state index is -0.495. The summed E-state index contributed by atoms with van der Waals surface area (Å²) < 4.78 is 5.45. The number of nitriles is 1. The highest BCUT2D eigenvalue weighted by molar-refractivity contribution is 6.31. The smallest absolute Gasteiger partial charge is 0.266 e. The van der Waals surface area contributed by atoms with Crippen molar-refractivity contribution in [3.8, 4) is 11.8 Å². The molecule has 1 amide bonds. The van der Waals surface area contributed by atoms with Crippen LogP contribution in [0.3, 0.4) is 0 Å². The van der Waals surface area contributed by atoms with Crippen molar-refractivity contribution in [2.24, 2.45) is 0 Å². The van der Waals surface area contributed by atoms with Gasteiger partial charge in [-0.3, -0.25) is 4.79 Å². The third-order valence-electron chi connectivity index (χ3n) is 3.35. The highest BCUT2D eigenvalue weighted by Gasteiger charge is 2.11. The van der Waals surface area contributed by atoms with Gasteiger partial charge < -0.3 is 10.1 Å². The molecule has 0 fully saturated rings. The maximum absolute atomic E-state index is 12.4. The monoisotopic (exact) mass is 352 g/mol. The first kappa shape index (κ1) is 18.3. The predicted octanol–water partition coefficient (Wildman–Crippen LogP) is 4.76. The fourth-order valence-electron chi connectivity index (χ4n) is 2.08. The second-order valence-electron chi connectivity index (χ2n) is 5.26. The van der Waals surface area contributed by atoms with Crippen molar-refractivity contribution >= 4 is 29.3 Å². The molecule has 5 heteroatoms. The Balaban J connectivity index is 2.22. The van der Waals surface area contributed by atoms with Gasteiger partial charge in [-0.25, -0.2) is 0 Å². The molecular formula is C20H17ClN2O2. The topological polar surface area (TPSA) is 62.1 Å². The minimum Gasteiger partial charge on any atom is -0.490 e. The highest BCUT2D eigenvalue weighted by atomic mass is 35.5. The number of aryl methyl sites for hydroxylation is 1. The van der Waals surface area contributed by atoms with E-state index in [1.807, 2.05) is 13.0 Å². The fraction of sp³-hybridized carbons (Fsp3) is 0.100. The Morgan fingerprint density at radius 3 is 2.88 bits per heavy atom. The standard InChI is InChI=1S/C20H17ClN2O2/c1-3-9-25-18-6-4-5-15(11-18)10-16(13-22)20(24)23-19-12-17(21)8-7-14(19)2/h3-8,10-12H,1,9H2,2H3,(H,23,24)/b16-10-. The molecule has 0 radical (unpaired) electrons. The number of anilines is 1. The summed E-state index contributed by atoms with van der Waals surface area (Å²) in [6.07, 6.45) is 3.15. The molecule has 25 heavy (non-hydrogen) atoms. The largest absolute Gasteiger partial charge is 0.490 e. The van der Waals surface area contributed by atoms with E-state index >= 15 is 0 Å². The van der Waals surface area contributed by atoms with Gasteiger partial charge in [0.2, 0.25) is 0 Å². The lowest BCUT2D eigenvalue weighted by Crippen LogP contribution is -2.14. The van der Waals surface area contributed by atoms with Crippen molar-refractivity contribution in [1.29, 1.82) is 5.26 Å². The minimum absolute atomic E-state index is 0.0137. The molecule has 2 rings (SSSR count). The molecule has 0 aromatic heterocycles. The third-order valence-corrected chi connectivity index (χ3v) is 3.58. The summed E-state index contributed by atoms with van der Waals surface area (Å²) in [6.45, 7) is 5.82. The molecule has 0 bridgehead atoms. The molecule has 0 saturated heterocycles. The van der Waals surface area contributed by atoms with Crippen LogP contribution in [0.1, 0.15) is 11.1 Å². The Morgan fingerprint density at radius 1 is 1.36 bits per heavy atom. The third kappa shape index (κ3) is 5.23. The van der Waals surface area contributed by atoms with Crippen LogP contribution in [0, 0.1) is 18.3 Å². The van der Waals surface area contributed by atoms with Crippen molar-refractivity contribution < 1.29 is 9.53 Å². The van der Waals surface area contributed by atoms with Gasteiger partial charge >= 0.3 is 0 Å². The van der Waals surface area contributed by atoms with Crippen LogP contribution in [-0.4, -0.2) is 12.5 Å². The highest BCUT2D eigenvalue weighted by Crippen LogP contribution is 2.21. The zero-order valence-corrected chi connectivity index (χ0v) is 14.5. The number of amides is 1. The van der Waals surface area contributed by atoms with E-state index < -0.39 is 5.91 Å². The van der Waals surface area contributed by atoms with Crippen LogP contribution < -0.4 is 10.1 Å². The van der Waals surface area contributed by atoms with E-state index in [-0.39, 0.29) is 5.57 Å². The van der Waals surface area contributed by atoms with Crippen molar-refractivity contribution in [2.75, 3.05) is 11.9 Å². The number of ether oxygens (including phenoxy) is 1. The van der Waals surface area contributed by atoms with Gasteiger partial charge in [-0.1, -0.05) is 42.5 Å². The number of nitrogens with one attached hydrogen (secondary N) is 1. The summed E-state index contributed by atoms with van der Waals surface area (Å²) in [7, 11) is 0. The fourth-order valence-corrected chi connectivity index (χ4v) is 2.26. The molecule has 0 unspecified atom stereocenters. The normalized spacial score (nSPS) is 10.7. The Labute approximate surface area is 152 Å². The van der Waals surface area contributed by atoms with E-state index in [9.17, 15) is 10.1 Å². The number of carbonyl (C=O) groups is 1. The summed E-state index contributed by atoms with van der Waals surface area (Å²) in [5.41, 5.74) is 2.10. The predicted molar refractivity (Wildman–Crippen MR) is 101 cm³/mol. The van der Waals surface area contributed by atoms with Gasteiger partial charge in [0.25, 0.3) is 5.91 Å². The van der Waals surface area contributed by atoms with Gasteiger partial charge in [0, 0.05) is 10.7 Å². The molecule has 0 aliphatic heterocycles. The molecule has 0 aliphatic rings. The average molecular weight is 353 g/mol. The van der Waals surface area contributed by atoms with Crippen LogP contribution in [0.25, 0.3) is 6.08 Å². The number of halogens is 1. The number of carbonyl (C=O) groups excluding carboxylic acids is 1. The molecule has 0 saturated carbocycles. The Bertz CT molecular complexity index is 866. The van der Waals surface area contributed by atoms with Crippen molar-refractivity contribution in [2.45, 2.75) is 6.92 Å². The van der Waals surface area contributed by atoms with Crippen LogP contribution in [0.4, 0.5) is 5.69 Å². The molecule has 126 valence electrons. The molecule has 2 aromatic rings. The van der Waals surface area contributed by atoms with Gasteiger partial charge in [0.1, 0.15) is 24.0 Å². The molecule has 1 N–H and O–H groups in total. The van der Waals surface area contributed by atoms with Crippen LogP contribution in [-0.2, 0) is 4.79 Å². The van der Waals surface area contributed by atoms with E-state index in [1.54, 1.807) is 48.5 Å². The first-order valence-corrected chi connectivity index (χ1v) is 7.94. The zero-order valence-electron chi connectivity index (χ0n) is 13.8. The van der Waals surface area contributed by atoms with Gasteiger partial charge in [-0.15, -0.1) is 0 Å². The molecule has 0 atom stereocenters. The van der Waals surface area contributed by atoms with Crippen LogP contribution in [0.15, 0.2) is 60.7 Å². The summed E-state index contributed by atoms with van der Waals surface area (Å²) >= 11 is 5.95. The Morgan fingerprint density at radius 2 is 2.16 bits per heavy atom. The molecular weight excluding hydrogens is 336 g/mol. The van der Waals surface area contributed by atoms with Crippen LogP contribution >= 0.6 is 11.6 Å². The number of benzene rings is 2. The number of nitrogens with zero attached hydrogens (tertiary/aromatic N) is 1. The Kier molecular flexibility index (Phi) is 6.39. The summed E-state index contributed by atoms with van der Waals surface area (Å²) in [6, 6.07) is 14.2. The van der Waals surface area contributed by atoms with Crippen molar-refractivity contribution in [1.82, 2.24) is 0 Å². The van der Waals surface area contributed by atoms with E-state index in [1.165, 1.54) is 6.08 Å². The second kappa shape index (κ2) is 8.72. The van der Waals surface area contributed by atoms with E-state index in [4.69, 9.17) is 16.3 Å². The molecule has 0 heterocycles. The second-order valence-corrected chi connectivity index (χ2v) is 5.69. The number of hydrogen-bond acceptors (Lipinski definition) is 3. The lowest BCUT2D eigenvalue weighted by atomic mass is 10.1.